The minimum Gasteiger partial charge on any atom is -0.493 e. The predicted molar refractivity (Wildman–Crippen MR) is 68.4 cm³/mol. The summed E-state index contributed by atoms with van der Waals surface area (Å²) in [6.07, 6.45) is 1.56. The lowest BCUT2D eigenvalue weighted by molar-refractivity contribution is -0.135. The van der Waals surface area contributed by atoms with E-state index in [2.05, 4.69) is 5.32 Å². The summed E-state index contributed by atoms with van der Waals surface area (Å²) in [4.78, 5) is 13.9. The van der Waals surface area contributed by atoms with Gasteiger partial charge in [0.2, 0.25) is 5.91 Å². The fourth-order valence-electron chi connectivity index (χ4n) is 2.66. The summed E-state index contributed by atoms with van der Waals surface area (Å²) in [7, 11) is 0. The zero-order valence-corrected chi connectivity index (χ0v) is 10.6. The molecule has 5 heteroatoms. The zero-order valence-electron chi connectivity index (χ0n) is 10.6. The Morgan fingerprint density at radius 2 is 1.95 bits per heavy atom. The van der Waals surface area contributed by atoms with Crippen molar-refractivity contribution in [2.45, 2.75) is 24.9 Å². The molecule has 0 aromatic heterocycles. The summed E-state index contributed by atoms with van der Waals surface area (Å²) < 4.78 is 18.1. The minimum atomic E-state index is -0.288. The third-order valence-corrected chi connectivity index (χ3v) is 3.67. The maximum Gasteiger partial charge on any atom is 0.226 e. The van der Waals surface area contributed by atoms with E-state index in [9.17, 15) is 9.18 Å². The molecule has 3 saturated heterocycles. The van der Waals surface area contributed by atoms with Crippen LogP contribution in [-0.4, -0.2) is 42.6 Å². The Morgan fingerprint density at radius 1 is 1.32 bits per heavy atom. The highest BCUT2D eigenvalue weighted by Gasteiger charge is 2.37. The van der Waals surface area contributed by atoms with Gasteiger partial charge in [-0.25, -0.2) is 4.39 Å². The van der Waals surface area contributed by atoms with Gasteiger partial charge in [-0.05, 0) is 30.7 Å². The number of nitrogens with zero attached hydrogens (tertiary/aromatic N) is 1. The summed E-state index contributed by atoms with van der Waals surface area (Å²) in [5.74, 6) is 0.444. The maximum absolute atomic E-state index is 12.7. The molecule has 3 fully saturated rings. The Hall–Kier alpha value is -1.62. The number of ether oxygens (including phenoxy) is 1. The highest BCUT2D eigenvalue weighted by atomic mass is 19.1. The van der Waals surface area contributed by atoms with E-state index in [1.54, 1.807) is 12.1 Å². The van der Waals surface area contributed by atoms with Gasteiger partial charge in [0.1, 0.15) is 11.6 Å². The van der Waals surface area contributed by atoms with Crippen LogP contribution < -0.4 is 10.1 Å². The molecule has 4 rings (SSSR count). The predicted octanol–water partition coefficient (Wildman–Crippen LogP) is 1.17. The molecule has 4 nitrogen and oxygen atoms in total. The first-order valence-corrected chi connectivity index (χ1v) is 6.63. The molecule has 19 heavy (non-hydrogen) atoms. The van der Waals surface area contributed by atoms with E-state index in [0.29, 0.717) is 30.9 Å². The van der Waals surface area contributed by atoms with Crippen molar-refractivity contribution in [1.29, 1.82) is 0 Å². The Balaban J connectivity index is 1.42. The van der Waals surface area contributed by atoms with Crippen LogP contribution in [0.2, 0.25) is 0 Å². The number of carbonyl (C=O) groups is 1. The van der Waals surface area contributed by atoms with Gasteiger partial charge in [-0.3, -0.25) is 4.79 Å². The Bertz CT molecular complexity index is 447. The number of halogens is 1. The molecule has 0 spiro atoms. The van der Waals surface area contributed by atoms with Gasteiger partial charge in [-0.15, -0.1) is 0 Å². The molecule has 3 aliphatic heterocycles. The van der Waals surface area contributed by atoms with Crippen LogP contribution in [-0.2, 0) is 4.79 Å². The molecule has 2 unspecified atom stereocenters. The number of piperidine rings is 1. The standard InChI is InChI=1S/C14H17FN2O2/c15-10-1-3-13(4-2-10)19-6-5-14(18)17-8-11-7-12(9-17)16-11/h1-4,11-12,16H,5-9H2. The summed E-state index contributed by atoms with van der Waals surface area (Å²) in [6.45, 7) is 1.96. The number of amides is 1. The van der Waals surface area contributed by atoms with E-state index in [-0.39, 0.29) is 11.7 Å². The van der Waals surface area contributed by atoms with Crippen molar-refractivity contribution in [2.24, 2.45) is 0 Å². The average Bonchev–Trinajstić information content (AvgIpc) is 2.40. The molecule has 0 radical (unpaired) electrons. The fraction of sp³-hybridized carbons (Fsp3) is 0.500. The molecule has 1 aromatic rings. The normalized spacial score (nSPS) is 24.8. The molecule has 0 saturated carbocycles. The van der Waals surface area contributed by atoms with Crippen molar-refractivity contribution >= 4 is 5.91 Å². The minimum absolute atomic E-state index is 0.137. The topological polar surface area (TPSA) is 41.6 Å². The number of benzene rings is 1. The van der Waals surface area contributed by atoms with Gasteiger partial charge in [0.15, 0.2) is 0 Å². The third-order valence-electron chi connectivity index (χ3n) is 3.67. The van der Waals surface area contributed by atoms with E-state index in [4.69, 9.17) is 4.74 Å². The number of carbonyl (C=O) groups excluding carboxylic acids is 1. The highest BCUT2D eigenvalue weighted by molar-refractivity contribution is 5.76. The first-order chi connectivity index (χ1) is 9.20. The number of nitrogens with one attached hydrogen (secondary N) is 1. The largest absolute Gasteiger partial charge is 0.493 e. The number of hydrogen-bond donors (Lipinski definition) is 1. The second-order valence-corrected chi connectivity index (χ2v) is 5.15. The quantitative estimate of drug-likeness (QED) is 0.887. The summed E-state index contributed by atoms with van der Waals surface area (Å²) in [5.41, 5.74) is 0. The molecule has 2 bridgehead atoms. The second-order valence-electron chi connectivity index (χ2n) is 5.15. The van der Waals surface area contributed by atoms with Gasteiger partial charge in [-0.1, -0.05) is 0 Å². The number of fused-ring (bicyclic) bond motifs is 2. The molecule has 2 atom stereocenters. The van der Waals surface area contributed by atoms with Gasteiger partial charge in [0.25, 0.3) is 0 Å². The first-order valence-electron chi connectivity index (χ1n) is 6.63. The Kier molecular flexibility index (Phi) is 3.38. The molecular formula is C14H17FN2O2. The molecule has 3 aliphatic rings. The summed E-state index contributed by atoms with van der Waals surface area (Å²) in [5, 5.41) is 3.39. The maximum atomic E-state index is 12.7. The van der Waals surface area contributed by atoms with Crippen molar-refractivity contribution in [3.63, 3.8) is 0 Å². The lowest BCUT2D eigenvalue weighted by atomic mass is 9.91. The van der Waals surface area contributed by atoms with E-state index >= 15 is 0 Å². The molecule has 1 N–H and O–H groups in total. The molecule has 102 valence electrons. The van der Waals surface area contributed by atoms with Crippen LogP contribution >= 0.6 is 0 Å². The molecule has 3 heterocycles. The van der Waals surface area contributed by atoms with Crippen LogP contribution in [0.4, 0.5) is 4.39 Å². The van der Waals surface area contributed by atoms with E-state index in [1.807, 2.05) is 4.90 Å². The number of rotatable bonds is 4. The highest BCUT2D eigenvalue weighted by Crippen LogP contribution is 2.21. The zero-order chi connectivity index (χ0) is 13.2. The molecule has 0 aliphatic carbocycles. The van der Waals surface area contributed by atoms with Crippen molar-refractivity contribution in [3.8, 4) is 5.75 Å². The van der Waals surface area contributed by atoms with Crippen LogP contribution in [0, 0.1) is 5.82 Å². The van der Waals surface area contributed by atoms with Gasteiger partial charge >= 0.3 is 0 Å². The van der Waals surface area contributed by atoms with Crippen LogP contribution in [0.3, 0.4) is 0 Å². The average molecular weight is 264 g/mol. The Labute approximate surface area is 111 Å². The van der Waals surface area contributed by atoms with E-state index < -0.39 is 0 Å². The molecule has 1 amide bonds. The smallest absolute Gasteiger partial charge is 0.226 e. The van der Waals surface area contributed by atoms with E-state index in [1.165, 1.54) is 18.6 Å². The lowest BCUT2D eigenvalue weighted by Gasteiger charge is -2.48. The monoisotopic (exact) mass is 264 g/mol. The third kappa shape index (κ3) is 2.87. The van der Waals surface area contributed by atoms with Gasteiger partial charge < -0.3 is 15.0 Å². The van der Waals surface area contributed by atoms with Crippen LogP contribution in [0.15, 0.2) is 24.3 Å². The number of piperazine rings is 1. The van der Waals surface area contributed by atoms with Crippen molar-refractivity contribution in [2.75, 3.05) is 19.7 Å². The molecular weight excluding hydrogens is 247 g/mol. The fourth-order valence-corrected chi connectivity index (χ4v) is 2.66. The van der Waals surface area contributed by atoms with Crippen LogP contribution in [0.25, 0.3) is 0 Å². The van der Waals surface area contributed by atoms with Crippen molar-refractivity contribution in [1.82, 2.24) is 10.2 Å². The number of hydrogen-bond acceptors (Lipinski definition) is 3. The first kappa shape index (κ1) is 12.4. The second kappa shape index (κ2) is 5.17. The Morgan fingerprint density at radius 3 is 2.58 bits per heavy atom. The summed E-state index contributed by atoms with van der Waals surface area (Å²) >= 11 is 0. The van der Waals surface area contributed by atoms with Crippen LogP contribution in [0.1, 0.15) is 12.8 Å². The van der Waals surface area contributed by atoms with E-state index in [0.717, 1.165) is 13.1 Å². The summed E-state index contributed by atoms with van der Waals surface area (Å²) in [6, 6.07) is 6.81. The lowest BCUT2D eigenvalue weighted by Crippen LogP contribution is -2.67. The molecule has 1 aromatic carbocycles. The van der Waals surface area contributed by atoms with Crippen LogP contribution in [0.5, 0.6) is 5.75 Å². The van der Waals surface area contributed by atoms with Gasteiger partial charge in [-0.2, -0.15) is 0 Å². The van der Waals surface area contributed by atoms with Crippen molar-refractivity contribution in [3.05, 3.63) is 30.1 Å². The van der Waals surface area contributed by atoms with Crippen molar-refractivity contribution < 1.29 is 13.9 Å². The van der Waals surface area contributed by atoms with Gasteiger partial charge in [0.05, 0.1) is 13.0 Å². The van der Waals surface area contributed by atoms with Gasteiger partial charge in [0, 0.05) is 25.2 Å². The SMILES string of the molecule is O=C(CCOc1ccc(F)cc1)N1CC2CC(C1)N2.